The SMILES string of the molecule is CCn1cc(C(=O)N2CCN(c3cccc(C(F)(F)F)c3)CC2)c(=O)c2cc3c(cc21)OCO3. The summed E-state index contributed by atoms with van der Waals surface area (Å²) in [6.07, 6.45) is -2.85. The number of carbonyl (C=O) groups excluding carboxylic acids is 1. The lowest BCUT2D eigenvalue weighted by atomic mass is 10.1. The Morgan fingerprint density at radius 1 is 1.03 bits per heavy atom. The van der Waals surface area contributed by atoms with Gasteiger partial charge in [0.1, 0.15) is 5.56 Å². The molecule has 1 saturated heterocycles. The van der Waals surface area contributed by atoms with Crippen LogP contribution < -0.4 is 19.8 Å². The topological polar surface area (TPSA) is 64.0 Å². The van der Waals surface area contributed by atoms with Crippen LogP contribution in [0.15, 0.2) is 47.4 Å². The Balaban J connectivity index is 1.39. The summed E-state index contributed by atoms with van der Waals surface area (Å²) in [7, 11) is 0. The van der Waals surface area contributed by atoms with E-state index in [-0.39, 0.29) is 17.8 Å². The molecule has 0 spiro atoms. The highest BCUT2D eigenvalue weighted by molar-refractivity contribution is 5.98. The molecule has 3 aromatic rings. The molecule has 1 aromatic heterocycles. The first kappa shape index (κ1) is 22.1. The lowest BCUT2D eigenvalue weighted by Gasteiger charge is -2.36. The van der Waals surface area contributed by atoms with Gasteiger partial charge in [0.05, 0.1) is 16.5 Å². The summed E-state index contributed by atoms with van der Waals surface area (Å²) in [5, 5.41) is 0.375. The predicted octanol–water partition coefficient (Wildman–Crippen LogP) is 3.73. The van der Waals surface area contributed by atoms with Gasteiger partial charge in [0.15, 0.2) is 11.5 Å². The summed E-state index contributed by atoms with van der Waals surface area (Å²) in [6.45, 7) is 3.84. The maximum atomic E-state index is 13.3. The Kier molecular flexibility index (Phi) is 5.38. The third kappa shape index (κ3) is 3.82. The fraction of sp³-hybridized carbons (Fsp3) is 0.333. The Hall–Kier alpha value is -3.69. The Labute approximate surface area is 192 Å². The molecule has 0 bridgehead atoms. The zero-order chi connectivity index (χ0) is 24.0. The normalized spacial score (nSPS) is 15.8. The molecule has 5 rings (SSSR count). The summed E-state index contributed by atoms with van der Waals surface area (Å²) in [5.41, 5.74) is 0.0735. The van der Waals surface area contributed by atoms with Gasteiger partial charge in [0.2, 0.25) is 12.2 Å². The fourth-order valence-electron chi connectivity index (χ4n) is 4.41. The van der Waals surface area contributed by atoms with Crippen molar-refractivity contribution in [3.05, 3.63) is 63.9 Å². The summed E-state index contributed by atoms with van der Waals surface area (Å²) in [5.74, 6) is 0.626. The van der Waals surface area contributed by atoms with Crippen molar-refractivity contribution in [1.82, 2.24) is 9.47 Å². The van der Waals surface area contributed by atoms with Crippen molar-refractivity contribution >= 4 is 22.5 Å². The number of halogens is 3. The van der Waals surface area contributed by atoms with Gasteiger partial charge in [-0.05, 0) is 31.2 Å². The molecule has 0 radical (unpaired) electrons. The number of ether oxygens (including phenoxy) is 2. The summed E-state index contributed by atoms with van der Waals surface area (Å²) in [4.78, 5) is 29.9. The molecule has 7 nitrogen and oxygen atoms in total. The van der Waals surface area contributed by atoms with Crippen LogP contribution in [0.3, 0.4) is 0 Å². The zero-order valence-electron chi connectivity index (χ0n) is 18.4. The van der Waals surface area contributed by atoms with Gasteiger partial charge in [-0.2, -0.15) is 13.2 Å². The first-order valence-electron chi connectivity index (χ1n) is 10.9. The molecule has 10 heteroatoms. The Morgan fingerprint density at radius 2 is 1.74 bits per heavy atom. The van der Waals surface area contributed by atoms with Crippen molar-refractivity contribution in [2.45, 2.75) is 19.6 Å². The monoisotopic (exact) mass is 473 g/mol. The summed E-state index contributed by atoms with van der Waals surface area (Å²) >= 11 is 0. The molecule has 0 atom stereocenters. The number of aromatic nitrogens is 1. The minimum Gasteiger partial charge on any atom is -0.454 e. The van der Waals surface area contributed by atoms with Crippen molar-refractivity contribution in [3.8, 4) is 11.5 Å². The van der Waals surface area contributed by atoms with E-state index in [4.69, 9.17) is 9.47 Å². The fourth-order valence-corrected chi connectivity index (χ4v) is 4.41. The van der Waals surface area contributed by atoms with Gasteiger partial charge < -0.3 is 23.8 Å². The van der Waals surface area contributed by atoms with Crippen LogP contribution in [0, 0.1) is 0 Å². The van der Waals surface area contributed by atoms with E-state index in [1.54, 1.807) is 29.3 Å². The van der Waals surface area contributed by atoms with Gasteiger partial charge in [-0.3, -0.25) is 9.59 Å². The van der Waals surface area contributed by atoms with Crippen molar-refractivity contribution in [1.29, 1.82) is 0 Å². The number of hydrogen-bond acceptors (Lipinski definition) is 5. The molecule has 34 heavy (non-hydrogen) atoms. The third-order valence-electron chi connectivity index (χ3n) is 6.25. The van der Waals surface area contributed by atoms with E-state index >= 15 is 0 Å². The van der Waals surface area contributed by atoms with Gasteiger partial charge in [-0.1, -0.05) is 6.07 Å². The number of hydrogen-bond donors (Lipinski definition) is 0. The quantitative estimate of drug-likeness (QED) is 0.580. The number of pyridine rings is 1. The second-order valence-corrected chi connectivity index (χ2v) is 8.21. The van der Waals surface area contributed by atoms with E-state index in [0.29, 0.717) is 60.8 Å². The van der Waals surface area contributed by atoms with Crippen molar-refractivity contribution < 1.29 is 27.4 Å². The van der Waals surface area contributed by atoms with Crippen LogP contribution in [0.5, 0.6) is 11.5 Å². The molecule has 0 N–H and O–H groups in total. The molecular weight excluding hydrogens is 451 g/mol. The molecule has 1 fully saturated rings. The minimum absolute atomic E-state index is 0.0562. The first-order chi connectivity index (χ1) is 16.3. The molecule has 178 valence electrons. The predicted molar refractivity (Wildman–Crippen MR) is 120 cm³/mol. The van der Waals surface area contributed by atoms with Crippen LogP contribution >= 0.6 is 0 Å². The van der Waals surface area contributed by atoms with Gasteiger partial charge in [0, 0.05) is 50.7 Å². The molecule has 1 amide bonds. The molecule has 0 saturated carbocycles. The molecule has 0 aliphatic carbocycles. The maximum absolute atomic E-state index is 13.3. The number of benzene rings is 2. The van der Waals surface area contributed by atoms with E-state index in [1.807, 2.05) is 16.4 Å². The van der Waals surface area contributed by atoms with Crippen molar-refractivity contribution in [3.63, 3.8) is 0 Å². The number of amides is 1. The van der Waals surface area contributed by atoms with E-state index in [9.17, 15) is 22.8 Å². The van der Waals surface area contributed by atoms with Crippen LogP contribution in [0.2, 0.25) is 0 Å². The number of rotatable bonds is 3. The second kappa shape index (κ2) is 8.27. The van der Waals surface area contributed by atoms with Gasteiger partial charge >= 0.3 is 6.18 Å². The number of aryl methyl sites for hydroxylation is 1. The summed E-state index contributed by atoms with van der Waals surface area (Å²) in [6, 6.07) is 8.50. The summed E-state index contributed by atoms with van der Waals surface area (Å²) < 4.78 is 51.8. The third-order valence-corrected chi connectivity index (χ3v) is 6.25. The van der Waals surface area contributed by atoms with E-state index < -0.39 is 17.6 Å². The van der Waals surface area contributed by atoms with Gasteiger partial charge in [-0.15, -0.1) is 0 Å². The number of anilines is 1. The Bertz CT molecular complexity index is 1330. The van der Waals surface area contributed by atoms with Crippen LogP contribution in [-0.2, 0) is 12.7 Å². The van der Waals surface area contributed by atoms with Crippen molar-refractivity contribution in [2.24, 2.45) is 0 Å². The van der Waals surface area contributed by atoms with Crippen molar-refractivity contribution in [2.75, 3.05) is 37.9 Å². The highest BCUT2D eigenvalue weighted by Gasteiger charge is 2.32. The molecular formula is C24H22F3N3O4. The smallest absolute Gasteiger partial charge is 0.416 e. The molecule has 2 aliphatic rings. The van der Waals surface area contributed by atoms with Crippen LogP contribution in [0.25, 0.3) is 10.9 Å². The second-order valence-electron chi connectivity index (χ2n) is 8.21. The highest BCUT2D eigenvalue weighted by Crippen LogP contribution is 2.35. The molecule has 3 heterocycles. The van der Waals surface area contributed by atoms with E-state index in [0.717, 1.165) is 12.1 Å². The lowest BCUT2D eigenvalue weighted by Crippen LogP contribution is -2.49. The molecule has 2 aromatic carbocycles. The molecule has 0 unspecified atom stereocenters. The standard InChI is InChI=1S/C24H22F3N3O4/c1-2-28-13-18(22(31)17-11-20-21(12-19(17)28)34-14-33-20)23(32)30-8-6-29(7-9-30)16-5-3-4-15(10-16)24(25,26)27/h3-5,10-13H,2,6-9,14H2,1H3. The number of alkyl halides is 3. The minimum atomic E-state index is -4.42. The van der Waals surface area contributed by atoms with Crippen LogP contribution in [0.4, 0.5) is 18.9 Å². The number of nitrogens with zero attached hydrogens (tertiary/aromatic N) is 3. The molecule has 2 aliphatic heterocycles. The van der Waals surface area contributed by atoms with Gasteiger partial charge in [0.25, 0.3) is 5.91 Å². The van der Waals surface area contributed by atoms with E-state index in [1.165, 1.54) is 6.07 Å². The average molecular weight is 473 g/mol. The van der Waals surface area contributed by atoms with Crippen LogP contribution in [-0.4, -0.2) is 48.3 Å². The largest absolute Gasteiger partial charge is 0.454 e. The highest BCUT2D eigenvalue weighted by atomic mass is 19.4. The Morgan fingerprint density at radius 3 is 2.41 bits per heavy atom. The number of piperazine rings is 1. The zero-order valence-corrected chi connectivity index (χ0v) is 18.4. The average Bonchev–Trinajstić information content (AvgIpc) is 3.30. The number of carbonyl (C=O) groups is 1. The van der Waals surface area contributed by atoms with Gasteiger partial charge in [-0.25, -0.2) is 0 Å². The van der Waals surface area contributed by atoms with E-state index in [2.05, 4.69) is 0 Å². The lowest BCUT2D eigenvalue weighted by molar-refractivity contribution is -0.137. The number of fused-ring (bicyclic) bond motifs is 2. The maximum Gasteiger partial charge on any atom is 0.416 e. The van der Waals surface area contributed by atoms with Crippen LogP contribution in [0.1, 0.15) is 22.8 Å². The first-order valence-corrected chi connectivity index (χ1v) is 10.9.